The average Bonchev–Trinajstić information content (AvgIpc) is 2.09. The molecule has 0 saturated carbocycles. The van der Waals surface area contributed by atoms with E-state index in [4.69, 9.17) is 16.3 Å². The average molecular weight is 225 g/mol. The highest BCUT2D eigenvalue weighted by atomic mass is 35.5. The van der Waals surface area contributed by atoms with E-state index in [1.165, 1.54) is 0 Å². The summed E-state index contributed by atoms with van der Waals surface area (Å²) < 4.78 is 5.60. The van der Waals surface area contributed by atoms with Crippen LogP contribution in [-0.2, 0) is 6.42 Å². The normalized spacial score (nSPS) is 10.5. The van der Waals surface area contributed by atoms with Gasteiger partial charge in [-0.05, 0) is 51.0 Å². The third-order valence-electron chi connectivity index (χ3n) is 1.88. The molecule has 0 aliphatic carbocycles. The van der Waals surface area contributed by atoms with E-state index in [0.29, 0.717) is 0 Å². The van der Waals surface area contributed by atoms with Crippen LogP contribution in [0.4, 0.5) is 0 Å². The van der Waals surface area contributed by atoms with Crippen molar-refractivity contribution in [3.63, 3.8) is 0 Å². The van der Waals surface area contributed by atoms with Crippen LogP contribution in [-0.4, -0.2) is 6.10 Å². The van der Waals surface area contributed by atoms with Crippen LogP contribution >= 0.6 is 11.6 Å². The van der Waals surface area contributed by atoms with Gasteiger partial charge in [-0.25, -0.2) is 0 Å². The van der Waals surface area contributed by atoms with Crippen molar-refractivity contribution in [1.29, 1.82) is 0 Å². The Bertz CT molecular complexity index is 356. The van der Waals surface area contributed by atoms with Gasteiger partial charge in [0.05, 0.1) is 6.10 Å². The van der Waals surface area contributed by atoms with E-state index in [1.54, 1.807) is 0 Å². The third kappa shape index (κ3) is 3.96. The molecule has 1 nitrogen and oxygen atoms in total. The van der Waals surface area contributed by atoms with Crippen molar-refractivity contribution in [3.05, 3.63) is 40.9 Å². The van der Waals surface area contributed by atoms with Crippen LogP contribution in [0.2, 0.25) is 5.02 Å². The molecule has 0 heterocycles. The number of ether oxygens (including phenoxy) is 1. The summed E-state index contributed by atoms with van der Waals surface area (Å²) in [5, 5.41) is 0.772. The van der Waals surface area contributed by atoms with Crippen LogP contribution < -0.4 is 4.74 Å². The van der Waals surface area contributed by atoms with Gasteiger partial charge in [-0.3, -0.25) is 0 Å². The zero-order valence-electron chi connectivity index (χ0n) is 9.51. The molecule has 0 bridgehead atoms. The van der Waals surface area contributed by atoms with E-state index in [0.717, 1.165) is 28.3 Å². The minimum absolute atomic E-state index is 0.184. The topological polar surface area (TPSA) is 9.23 Å². The molecule has 0 aliphatic rings. The zero-order chi connectivity index (χ0) is 11.4. The molecule has 0 amide bonds. The minimum atomic E-state index is 0.184. The van der Waals surface area contributed by atoms with Gasteiger partial charge in [0.1, 0.15) is 5.75 Å². The lowest BCUT2D eigenvalue weighted by Gasteiger charge is -2.12. The molecule has 0 atom stereocenters. The van der Waals surface area contributed by atoms with Crippen LogP contribution in [0.1, 0.15) is 26.3 Å². The van der Waals surface area contributed by atoms with E-state index >= 15 is 0 Å². The van der Waals surface area contributed by atoms with Gasteiger partial charge in [0.15, 0.2) is 0 Å². The first kappa shape index (κ1) is 12.1. The molecule has 0 radical (unpaired) electrons. The maximum absolute atomic E-state index is 6.08. The molecule has 15 heavy (non-hydrogen) atoms. The fraction of sp³-hybridized carbons (Fsp3) is 0.385. The Morgan fingerprint density at radius 1 is 1.47 bits per heavy atom. The highest BCUT2D eigenvalue weighted by Gasteiger charge is 2.04. The van der Waals surface area contributed by atoms with Gasteiger partial charge in [0.25, 0.3) is 0 Å². The first-order chi connectivity index (χ1) is 6.99. The summed E-state index contributed by atoms with van der Waals surface area (Å²) in [4.78, 5) is 0. The fourth-order valence-corrected chi connectivity index (χ4v) is 1.54. The Morgan fingerprint density at radius 3 is 2.67 bits per heavy atom. The molecule has 0 saturated heterocycles. The second kappa shape index (κ2) is 5.22. The van der Waals surface area contributed by atoms with E-state index < -0.39 is 0 Å². The first-order valence-corrected chi connectivity index (χ1v) is 5.46. The highest BCUT2D eigenvalue weighted by Crippen LogP contribution is 2.24. The second-order valence-corrected chi connectivity index (χ2v) is 4.46. The van der Waals surface area contributed by atoms with Crippen molar-refractivity contribution in [1.82, 2.24) is 0 Å². The standard InChI is InChI=1S/C13H17ClO/c1-9(2)7-11-8-12(15-10(3)4)5-6-13(11)14/h5-6,8,10H,1,7H2,2-4H3. The van der Waals surface area contributed by atoms with E-state index in [2.05, 4.69) is 6.58 Å². The third-order valence-corrected chi connectivity index (χ3v) is 2.25. The predicted octanol–water partition coefficient (Wildman–Crippen LogP) is 4.25. The zero-order valence-corrected chi connectivity index (χ0v) is 10.3. The largest absolute Gasteiger partial charge is 0.491 e. The van der Waals surface area contributed by atoms with Gasteiger partial charge in [0, 0.05) is 5.02 Å². The van der Waals surface area contributed by atoms with Crippen molar-refractivity contribution < 1.29 is 4.74 Å². The number of benzene rings is 1. The van der Waals surface area contributed by atoms with Crippen LogP contribution in [0.25, 0.3) is 0 Å². The molecule has 0 unspecified atom stereocenters. The minimum Gasteiger partial charge on any atom is -0.491 e. The number of allylic oxidation sites excluding steroid dienone is 1. The Balaban J connectivity index is 2.89. The smallest absolute Gasteiger partial charge is 0.120 e. The highest BCUT2D eigenvalue weighted by molar-refractivity contribution is 6.31. The van der Waals surface area contributed by atoms with Gasteiger partial charge >= 0.3 is 0 Å². The predicted molar refractivity (Wildman–Crippen MR) is 65.7 cm³/mol. The Hall–Kier alpha value is -0.950. The number of hydrogen-bond donors (Lipinski definition) is 0. The maximum Gasteiger partial charge on any atom is 0.120 e. The van der Waals surface area contributed by atoms with Gasteiger partial charge in [0.2, 0.25) is 0 Å². The number of rotatable bonds is 4. The van der Waals surface area contributed by atoms with Crippen LogP contribution in [0.5, 0.6) is 5.75 Å². The molecular formula is C13H17ClO. The molecule has 0 aromatic heterocycles. The molecule has 1 aromatic carbocycles. The summed E-state index contributed by atoms with van der Waals surface area (Å²) in [5.41, 5.74) is 2.17. The SMILES string of the molecule is C=C(C)Cc1cc(OC(C)C)ccc1Cl. The monoisotopic (exact) mass is 224 g/mol. The lowest BCUT2D eigenvalue weighted by atomic mass is 10.1. The first-order valence-electron chi connectivity index (χ1n) is 5.08. The molecule has 0 spiro atoms. The van der Waals surface area contributed by atoms with Crippen molar-refractivity contribution in [2.75, 3.05) is 0 Å². The van der Waals surface area contributed by atoms with Crippen molar-refractivity contribution >= 4 is 11.6 Å². The van der Waals surface area contributed by atoms with Gasteiger partial charge in [-0.1, -0.05) is 23.8 Å². The summed E-state index contributed by atoms with van der Waals surface area (Å²) >= 11 is 6.08. The number of hydrogen-bond acceptors (Lipinski definition) is 1. The Kier molecular flexibility index (Phi) is 4.22. The lowest BCUT2D eigenvalue weighted by Crippen LogP contribution is -2.05. The fourth-order valence-electron chi connectivity index (χ4n) is 1.36. The summed E-state index contributed by atoms with van der Waals surface area (Å²) in [6.45, 7) is 9.89. The van der Waals surface area contributed by atoms with E-state index in [9.17, 15) is 0 Å². The van der Waals surface area contributed by atoms with Crippen molar-refractivity contribution in [2.45, 2.75) is 33.3 Å². The van der Waals surface area contributed by atoms with Gasteiger partial charge in [-0.2, -0.15) is 0 Å². The van der Waals surface area contributed by atoms with Crippen molar-refractivity contribution in [3.8, 4) is 5.75 Å². The molecule has 0 N–H and O–H groups in total. The lowest BCUT2D eigenvalue weighted by molar-refractivity contribution is 0.242. The van der Waals surface area contributed by atoms with E-state index in [1.807, 2.05) is 39.0 Å². The molecule has 0 aliphatic heterocycles. The Morgan fingerprint density at radius 2 is 2.13 bits per heavy atom. The molecule has 1 rings (SSSR count). The molecule has 0 fully saturated rings. The molecule has 1 aromatic rings. The molecular weight excluding hydrogens is 208 g/mol. The molecule has 82 valence electrons. The van der Waals surface area contributed by atoms with Crippen LogP contribution in [0.3, 0.4) is 0 Å². The summed E-state index contributed by atoms with van der Waals surface area (Å²) in [5.74, 6) is 0.866. The molecule has 2 heteroatoms. The second-order valence-electron chi connectivity index (χ2n) is 4.05. The van der Waals surface area contributed by atoms with Crippen LogP contribution in [0, 0.1) is 0 Å². The summed E-state index contributed by atoms with van der Waals surface area (Å²) in [6, 6.07) is 5.75. The van der Waals surface area contributed by atoms with Gasteiger partial charge in [-0.15, -0.1) is 0 Å². The summed E-state index contributed by atoms with van der Waals surface area (Å²) in [7, 11) is 0. The van der Waals surface area contributed by atoms with Gasteiger partial charge < -0.3 is 4.74 Å². The van der Waals surface area contributed by atoms with Crippen LogP contribution in [0.15, 0.2) is 30.4 Å². The Labute approximate surface area is 96.7 Å². The number of halogens is 1. The van der Waals surface area contributed by atoms with Crippen molar-refractivity contribution in [2.24, 2.45) is 0 Å². The maximum atomic E-state index is 6.08. The quantitative estimate of drug-likeness (QED) is 0.695. The van der Waals surface area contributed by atoms with E-state index in [-0.39, 0.29) is 6.10 Å². The summed E-state index contributed by atoms with van der Waals surface area (Å²) in [6.07, 6.45) is 0.984.